The summed E-state index contributed by atoms with van der Waals surface area (Å²) in [5.74, 6) is 0. The van der Waals surface area contributed by atoms with E-state index in [1.165, 1.54) is 19.3 Å². The van der Waals surface area contributed by atoms with E-state index in [0.29, 0.717) is 11.3 Å². The summed E-state index contributed by atoms with van der Waals surface area (Å²) in [6, 6.07) is 4.63. The maximum absolute atomic E-state index is 12.7. The minimum Gasteiger partial charge on any atom is -0.376 e. The second kappa shape index (κ2) is 6.12. The molecule has 8 heteroatoms. The molecule has 0 saturated carbocycles. The van der Waals surface area contributed by atoms with Gasteiger partial charge in [0.1, 0.15) is 4.47 Å². The number of hydrogen-bond donors (Lipinski definition) is 1. The Morgan fingerprint density at radius 1 is 1.36 bits per heavy atom. The Labute approximate surface area is 133 Å². The number of aryl methyl sites for hydroxylation is 1. The Balaban J connectivity index is 2.29. The summed E-state index contributed by atoms with van der Waals surface area (Å²) in [6.07, 6.45) is -2.95. The summed E-state index contributed by atoms with van der Waals surface area (Å²) in [4.78, 5) is 11.8. The van der Waals surface area contributed by atoms with Gasteiger partial charge in [0.25, 0.3) is 5.56 Å². The van der Waals surface area contributed by atoms with E-state index in [0.717, 1.165) is 16.8 Å². The zero-order chi connectivity index (χ0) is 16.5. The molecule has 2 aromatic rings. The molecule has 1 unspecified atom stereocenters. The first-order valence-corrected chi connectivity index (χ1v) is 7.15. The standard InChI is InChI=1S/C14H13BrF3N3O/c1-8(9-4-3-5-10(6-9)14(16,17)18)20-11-7-19-21(2)13(22)12(11)15/h3-8,20H,1-2H3. The Morgan fingerprint density at radius 2 is 2.05 bits per heavy atom. The summed E-state index contributed by atoms with van der Waals surface area (Å²) in [5, 5.41) is 6.86. The number of nitrogens with one attached hydrogen (secondary N) is 1. The maximum atomic E-state index is 12.7. The van der Waals surface area contributed by atoms with Crippen molar-refractivity contribution in [2.45, 2.75) is 19.1 Å². The molecule has 0 bridgehead atoms. The van der Waals surface area contributed by atoms with Crippen molar-refractivity contribution in [3.05, 3.63) is 56.4 Å². The van der Waals surface area contributed by atoms with Crippen LogP contribution in [0.1, 0.15) is 24.1 Å². The van der Waals surface area contributed by atoms with Crippen LogP contribution in [0.3, 0.4) is 0 Å². The van der Waals surface area contributed by atoms with Crippen molar-refractivity contribution in [2.75, 3.05) is 5.32 Å². The van der Waals surface area contributed by atoms with Crippen LogP contribution in [0.5, 0.6) is 0 Å². The van der Waals surface area contributed by atoms with Crippen molar-refractivity contribution in [2.24, 2.45) is 7.05 Å². The average Bonchev–Trinajstić information content (AvgIpc) is 2.47. The van der Waals surface area contributed by atoms with Gasteiger partial charge in [-0.1, -0.05) is 12.1 Å². The third-order valence-electron chi connectivity index (χ3n) is 3.16. The Morgan fingerprint density at radius 3 is 2.68 bits per heavy atom. The first-order chi connectivity index (χ1) is 10.2. The van der Waals surface area contributed by atoms with Gasteiger partial charge in [0.15, 0.2) is 0 Å². The first kappa shape index (κ1) is 16.5. The van der Waals surface area contributed by atoms with Crippen LogP contribution in [0.25, 0.3) is 0 Å². The number of alkyl halides is 3. The van der Waals surface area contributed by atoms with E-state index < -0.39 is 17.8 Å². The van der Waals surface area contributed by atoms with Crippen LogP contribution >= 0.6 is 15.9 Å². The molecule has 0 saturated heterocycles. The highest BCUT2D eigenvalue weighted by atomic mass is 79.9. The number of aromatic nitrogens is 2. The van der Waals surface area contributed by atoms with Crippen molar-refractivity contribution >= 4 is 21.6 Å². The number of nitrogens with zero attached hydrogens (tertiary/aromatic N) is 2. The second-order valence-electron chi connectivity index (χ2n) is 4.79. The van der Waals surface area contributed by atoms with Crippen LogP contribution in [0.15, 0.2) is 39.7 Å². The Bertz CT molecular complexity index is 743. The monoisotopic (exact) mass is 375 g/mol. The molecule has 0 aliphatic heterocycles. The molecule has 1 atom stereocenters. The summed E-state index contributed by atoms with van der Waals surface area (Å²) >= 11 is 3.16. The predicted molar refractivity (Wildman–Crippen MR) is 80.7 cm³/mol. The third-order valence-corrected chi connectivity index (χ3v) is 3.93. The van der Waals surface area contributed by atoms with Crippen LogP contribution in [0, 0.1) is 0 Å². The molecule has 2 rings (SSSR count). The molecule has 0 radical (unpaired) electrons. The Hall–Kier alpha value is -1.83. The minimum absolute atomic E-state index is 0.281. The normalized spacial score (nSPS) is 13.0. The second-order valence-corrected chi connectivity index (χ2v) is 5.58. The molecule has 0 amide bonds. The van der Waals surface area contributed by atoms with Crippen LogP contribution in [-0.4, -0.2) is 9.78 Å². The largest absolute Gasteiger partial charge is 0.416 e. The van der Waals surface area contributed by atoms with E-state index >= 15 is 0 Å². The molecule has 0 fully saturated rings. The van der Waals surface area contributed by atoms with E-state index in [-0.39, 0.29) is 10.0 Å². The lowest BCUT2D eigenvalue weighted by atomic mass is 10.0. The molecule has 118 valence electrons. The fourth-order valence-electron chi connectivity index (χ4n) is 1.91. The highest BCUT2D eigenvalue weighted by molar-refractivity contribution is 9.10. The molecule has 1 aromatic heterocycles. The average molecular weight is 376 g/mol. The van der Waals surface area contributed by atoms with Gasteiger partial charge < -0.3 is 5.32 Å². The smallest absolute Gasteiger partial charge is 0.376 e. The van der Waals surface area contributed by atoms with Gasteiger partial charge in [0.05, 0.1) is 17.4 Å². The van der Waals surface area contributed by atoms with E-state index in [4.69, 9.17) is 0 Å². The molecule has 0 aliphatic carbocycles. The van der Waals surface area contributed by atoms with Crippen LogP contribution in [0.4, 0.5) is 18.9 Å². The molecule has 0 spiro atoms. The summed E-state index contributed by atoms with van der Waals surface area (Å²) in [7, 11) is 1.51. The van der Waals surface area contributed by atoms with Crippen LogP contribution in [-0.2, 0) is 13.2 Å². The SMILES string of the molecule is CC(Nc1cnn(C)c(=O)c1Br)c1cccc(C(F)(F)F)c1. The van der Waals surface area contributed by atoms with Crippen LogP contribution in [0.2, 0.25) is 0 Å². The number of anilines is 1. The molecule has 4 nitrogen and oxygen atoms in total. The highest BCUT2D eigenvalue weighted by Crippen LogP contribution is 2.31. The van der Waals surface area contributed by atoms with Gasteiger partial charge >= 0.3 is 6.18 Å². The fourth-order valence-corrected chi connectivity index (χ4v) is 2.39. The highest BCUT2D eigenvalue weighted by Gasteiger charge is 2.30. The van der Waals surface area contributed by atoms with Gasteiger partial charge in [-0.25, -0.2) is 4.68 Å². The van der Waals surface area contributed by atoms with E-state index in [1.54, 1.807) is 13.0 Å². The Kier molecular flexibility index (Phi) is 4.60. The topological polar surface area (TPSA) is 46.9 Å². The molecular weight excluding hydrogens is 363 g/mol. The van der Waals surface area contributed by atoms with Crippen molar-refractivity contribution in [3.8, 4) is 0 Å². The number of hydrogen-bond acceptors (Lipinski definition) is 3. The zero-order valence-electron chi connectivity index (χ0n) is 11.8. The van der Waals surface area contributed by atoms with Gasteiger partial charge in [-0.05, 0) is 40.5 Å². The quantitative estimate of drug-likeness (QED) is 0.888. The molecular formula is C14H13BrF3N3O. The van der Waals surface area contributed by atoms with Crippen molar-refractivity contribution in [3.63, 3.8) is 0 Å². The van der Waals surface area contributed by atoms with E-state index in [9.17, 15) is 18.0 Å². The van der Waals surface area contributed by atoms with E-state index in [1.807, 2.05) is 0 Å². The third kappa shape index (κ3) is 3.49. The minimum atomic E-state index is -4.39. The van der Waals surface area contributed by atoms with Crippen molar-refractivity contribution in [1.29, 1.82) is 0 Å². The lowest BCUT2D eigenvalue weighted by Crippen LogP contribution is -2.22. The number of rotatable bonds is 3. The molecule has 1 aromatic carbocycles. The van der Waals surface area contributed by atoms with Crippen molar-refractivity contribution in [1.82, 2.24) is 9.78 Å². The predicted octanol–water partition coefficient (Wildman–Crippen LogP) is 3.73. The van der Waals surface area contributed by atoms with Gasteiger partial charge in [0, 0.05) is 13.1 Å². The summed E-state index contributed by atoms with van der Waals surface area (Å²) in [6.45, 7) is 1.71. The lowest BCUT2D eigenvalue weighted by Gasteiger charge is -2.18. The number of halogens is 4. The zero-order valence-corrected chi connectivity index (χ0v) is 13.4. The van der Waals surface area contributed by atoms with Gasteiger partial charge in [0.2, 0.25) is 0 Å². The van der Waals surface area contributed by atoms with Gasteiger partial charge in [-0.3, -0.25) is 4.79 Å². The molecule has 1 heterocycles. The molecule has 22 heavy (non-hydrogen) atoms. The summed E-state index contributed by atoms with van der Waals surface area (Å²) in [5.41, 5.74) is -0.156. The number of benzene rings is 1. The van der Waals surface area contributed by atoms with Crippen LogP contribution < -0.4 is 10.9 Å². The van der Waals surface area contributed by atoms with Gasteiger partial charge in [-0.15, -0.1) is 0 Å². The van der Waals surface area contributed by atoms with E-state index in [2.05, 4.69) is 26.3 Å². The van der Waals surface area contributed by atoms with Gasteiger partial charge in [-0.2, -0.15) is 18.3 Å². The lowest BCUT2D eigenvalue weighted by molar-refractivity contribution is -0.137. The fraction of sp³-hybridized carbons (Fsp3) is 0.286. The van der Waals surface area contributed by atoms with Crippen molar-refractivity contribution < 1.29 is 13.2 Å². The summed E-state index contributed by atoms with van der Waals surface area (Å²) < 4.78 is 39.7. The molecule has 0 aliphatic rings. The maximum Gasteiger partial charge on any atom is 0.416 e. The molecule has 1 N–H and O–H groups in total. The first-order valence-electron chi connectivity index (χ1n) is 6.35.